The highest BCUT2D eigenvalue weighted by Gasteiger charge is 2.26. The molecule has 104 valence electrons. The highest BCUT2D eigenvalue weighted by Crippen LogP contribution is 2.21. The van der Waals surface area contributed by atoms with Crippen LogP contribution in [0.3, 0.4) is 0 Å². The molecule has 1 aromatic rings. The smallest absolute Gasteiger partial charge is 0.375 e. The molecule has 1 aromatic heterocycles. The summed E-state index contributed by atoms with van der Waals surface area (Å²) in [6.45, 7) is 3.62. The Morgan fingerprint density at radius 2 is 2.17 bits per heavy atom. The first-order valence-electron chi connectivity index (χ1n) is 5.71. The van der Waals surface area contributed by atoms with Crippen LogP contribution in [0.2, 0.25) is 5.02 Å². The lowest BCUT2D eigenvalue weighted by Gasteiger charge is -2.08. The van der Waals surface area contributed by atoms with Crippen molar-refractivity contribution in [3.05, 3.63) is 16.9 Å². The van der Waals surface area contributed by atoms with E-state index < -0.39 is 12.6 Å². The van der Waals surface area contributed by atoms with Crippen molar-refractivity contribution in [2.24, 2.45) is 0 Å². The lowest BCUT2D eigenvalue weighted by Crippen LogP contribution is -2.11. The molecule has 1 heterocycles. The fourth-order valence-corrected chi connectivity index (χ4v) is 1.47. The third-order valence-electron chi connectivity index (χ3n) is 2.57. The molecule has 3 nitrogen and oxygen atoms in total. The normalized spacial score (nSPS) is 13.9. The van der Waals surface area contributed by atoms with Gasteiger partial charge in [-0.15, -0.1) is 0 Å². The Bertz CT molecular complexity index is 379. The summed E-state index contributed by atoms with van der Waals surface area (Å²) >= 11 is 5.93. The summed E-state index contributed by atoms with van der Waals surface area (Å²) in [5, 5.41) is 4.61. The van der Waals surface area contributed by atoms with Gasteiger partial charge in [0.25, 0.3) is 0 Å². The quantitative estimate of drug-likeness (QED) is 0.739. The number of nitrogens with zero attached hydrogens (tertiary/aromatic N) is 2. The molecule has 1 rings (SSSR count). The van der Waals surface area contributed by atoms with E-state index in [0.29, 0.717) is 10.7 Å². The van der Waals surface area contributed by atoms with Gasteiger partial charge < -0.3 is 4.74 Å². The van der Waals surface area contributed by atoms with Gasteiger partial charge in [0.05, 0.1) is 24.7 Å². The molecular formula is C11H16ClF3N2O. The molecule has 0 amide bonds. The van der Waals surface area contributed by atoms with Gasteiger partial charge in [0, 0.05) is 12.2 Å². The van der Waals surface area contributed by atoms with E-state index >= 15 is 0 Å². The summed E-state index contributed by atoms with van der Waals surface area (Å²) in [5.74, 6) is 0. The largest absolute Gasteiger partial charge is 0.391 e. The molecule has 18 heavy (non-hydrogen) atoms. The van der Waals surface area contributed by atoms with Crippen molar-refractivity contribution < 1.29 is 17.9 Å². The van der Waals surface area contributed by atoms with Gasteiger partial charge in [-0.05, 0) is 13.3 Å². The molecule has 0 aliphatic rings. The molecule has 1 unspecified atom stereocenters. The molecular weight excluding hydrogens is 269 g/mol. The Balaban J connectivity index is 2.45. The minimum absolute atomic E-state index is 0.00164. The highest BCUT2D eigenvalue weighted by molar-refractivity contribution is 6.31. The van der Waals surface area contributed by atoms with Gasteiger partial charge in [-0.1, -0.05) is 18.5 Å². The van der Waals surface area contributed by atoms with Crippen LogP contribution in [0.1, 0.15) is 38.4 Å². The molecule has 0 spiro atoms. The summed E-state index contributed by atoms with van der Waals surface area (Å²) in [6.07, 6.45) is -2.60. The second-order valence-corrected chi connectivity index (χ2v) is 4.49. The molecule has 0 saturated carbocycles. The SMILES string of the molecule is CCC(C)n1cc(Cl)c(COCCC(F)(F)F)n1. The van der Waals surface area contributed by atoms with E-state index in [4.69, 9.17) is 16.3 Å². The van der Waals surface area contributed by atoms with Gasteiger partial charge in [0.1, 0.15) is 5.69 Å². The number of aromatic nitrogens is 2. The second kappa shape index (κ2) is 6.43. The van der Waals surface area contributed by atoms with Crippen molar-refractivity contribution in [1.82, 2.24) is 9.78 Å². The van der Waals surface area contributed by atoms with Crippen LogP contribution >= 0.6 is 11.6 Å². The Morgan fingerprint density at radius 1 is 1.50 bits per heavy atom. The fraction of sp³-hybridized carbons (Fsp3) is 0.727. The molecule has 7 heteroatoms. The van der Waals surface area contributed by atoms with Crippen LogP contribution < -0.4 is 0 Å². The predicted molar refractivity (Wildman–Crippen MR) is 62.6 cm³/mol. The number of hydrogen-bond acceptors (Lipinski definition) is 2. The van der Waals surface area contributed by atoms with Crippen molar-refractivity contribution in [3.63, 3.8) is 0 Å². The minimum Gasteiger partial charge on any atom is -0.375 e. The Labute approximate surface area is 109 Å². The van der Waals surface area contributed by atoms with Crippen LogP contribution in [0.15, 0.2) is 6.20 Å². The van der Waals surface area contributed by atoms with E-state index in [1.807, 2.05) is 13.8 Å². The number of alkyl halides is 3. The minimum atomic E-state index is -4.19. The first-order chi connectivity index (χ1) is 8.33. The zero-order valence-corrected chi connectivity index (χ0v) is 11.1. The Kier molecular flexibility index (Phi) is 5.47. The lowest BCUT2D eigenvalue weighted by atomic mass is 10.3. The number of halogens is 4. The van der Waals surface area contributed by atoms with Gasteiger partial charge in [0.15, 0.2) is 0 Å². The number of rotatable bonds is 6. The fourth-order valence-electron chi connectivity index (χ4n) is 1.27. The van der Waals surface area contributed by atoms with Gasteiger partial charge in [-0.25, -0.2) is 0 Å². The number of hydrogen-bond donors (Lipinski definition) is 0. The average Bonchev–Trinajstić information content (AvgIpc) is 2.64. The summed E-state index contributed by atoms with van der Waals surface area (Å²) in [6, 6.07) is 0.200. The topological polar surface area (TPSA) is 27.1 Å². The van der Waals surface area contributed by atoms with Gasteiger partial charge >= 0.3 is 6.18 Å². The molecule has 1 atom stereocenters. The van der Waals surface area contributed by atoms with E-state index in [1.54, 1.807) is 10.9 Å². The lowest BCUT2D eigenvalue weighted by molar-refractivity contribution is -0.146. The van der Waals surface area contributed by atoms with Crippen LogP contribution in [0.25, 0.3) is 0 Å². The van der Waals surface area contributed by atoms with Gasteiger partial charge in [0.2, 0.25) is 0 Å². The van der Waals surface area contributed by atoms with Crippen molar-refractivity contribution in [3.8, 4) is 0 Å². The van der Waals surface area contributed by atoms with Crippen LogP contribution in [0.5, 0.6) is 0 Å². The molecule has 0 fully saturated rings. The third-order valence-corrected chi connectivity index (χ3v) is 2.88. The van der Waals surface area contributed by atoms with Crippen molar-refractivity contribution in [2.75, 3.05) is 6.61 Å². The average molecular weight is 285 g/mol. The predicted octanol–water partition coefficient (Wildman–Crippen LogP) is 3.98. The van der Waals surface area contributed by atoms with E-state index in [9.17, 15) is 13.2 Å². The molecule has 0 N–H and O–H groups in total. The van der Waals surface area contributed by atoms with Gasteiger partial charge in [-0.3, -0.25) is 4.68 Å². The summed E-state index contributed by atoms with van der Waals surface area (Å²) < 4.78 is 42.3. The molecule has 0 bridgehead atoms. The molecule has 0 saturated heterocycles. The third kappa shape index (κ3) is 4.86. The Morgan fingerprint density at radius 3 is 2.72 bits per heavy atom. The van der Waals surface area contributed by atoms with E-state index in [2.05, 4.69) is 5.10 Å². The van der Waals surface area contributed by atoms with Crippen LogP contribution in [0, 0.1) is 0 Å². The molecule has 0 aliphatic heterocycles. The monoisotopic (exact) mass is 284 g/mol. The van der Waals surface area contributed by atoms with Crippen molar-refractivity contribution in [2.45, 2.75) is 45.5 Å². The highest BCUT2D eigenvalue weighted by atomic mass is 35.5. The Hall–Kier alpha value is -0.750. The second-order valence-electron chi connectivity index (χ2n) is 4.08. The van der Waals surface area contributed by atoms with Crippen molar-refractivity contribution in [1.29, 1.82) is 0 Å². The van der Waals surface area contributed by atoms with Crippen LogP contribution in [0.4, 0.5) is 13.2 Å². The maximum Gasteiger partial charge on any atom is 0.391 e. The zero-order valence-electron chi connectivity index (χ0n) is 10.3. The first-order valence-corrected chi connectivity index (χ1v) is 6.09. The molecule has 0 aromatic carbocycles. The van der Waals surface area contributed by atoms with Crippen LogP contribution in [-0.2, 0) is 11.3 Å². The van der Waals surface area contributed by atoms with E-state index in [-0.39, 0.29) is 19.3 Å². The van der Waals surface area contributed by atoms with Crippen LogP contribution in [-0.4, -0.2) is 22.6 Å². The summed E-state index contributed by atoms with van der Waals surface area (Å²) in [7, 11) is 0. The van der Waals surface area contributed by atoms with E-state index in [1.165, 1.54) is 0 Å². The van der Waals surface area contributed by atoms with Gasteiger partial charge in [-0.2, -0.15) is 18.3 Å². The number of ether oxygens (including phenoxy) is 1. The van der Waals surface area contributed by atoms with Crippen molar-refractivity contribution >= 4 is 11.6 Å². The maximum absolute atomic E-state index is 11.9. The first kappa shape index (κ1) is 15.3. The summed E-state index contributed by atoms with van der Waals surface area (Å²) in [4.78, 5) is 0. The standard InChI is InChI=1S/C11H16ClF3N2O/c1-3-8(2)17-6-9(12)10(16-17)7-18-5-4-11(13,14)15/h6,8H,3-5,7H2,1-2H3. The molecule has 0 aliphatic carbocycles. The van der Waals surface area contributed by atoms with E-state index in [0.717, 1.165) is 6.42 Å². The molecule has 0 radical (unpaired) electrons. The zero-order chi connectivity index (χ0) is 13.8. The summed E-state index contributed by atoms with van der Waals surface area (Å²) in [5.41, 5.74) is 0.471. The maximum atomic E-state index is 11.9.